The van der Waals surface area contributed by atoms with Gasteiger partial charge in [-0.2, -0.15) is 0 Å². The maximum Gasteiger partial charge on any atom is 0.153 e. The van der Waals surface area contributed by atoms with Crippen molar-refractivity contribution in [2.45, 2.75) is 44.3 Å². The van der Waals surface area contributed by atoms with Crippen LogP contribution in [0.5, 0.6) is 0 Å². The Morgan fingerprint density at radius 1 is 1.33 bits per heavy atom. The maximum absolute atomic E-state index is 11.5. The summed E-state index contributed by atoms with van der Waals surface area (Å²) in [6, 6.07) is 0.499. The number of nitrogens with two attached hydrogens (primary N) is 1. The number of hydrogen-bond acceptors (Lipinski definition) is 4. The normalized spacial score (nSPS) is 34.9. The zero-order valence-corrected chi connectivity index (χ0v) is 10.0. The number of hydrogen-bond donors (Lipinski definition) is 1. The molecule has 15 heavy (non-hydrogen) atoms. The molecule has 4 nitrogen and oxygen atoms in total. The van der Waals surface area contributed by atoms with Gasteiger partial charge in [0.05, 0.1) is 11.5 Å². The molecule has 0 aromatic heterocycles. The summed E-state index contributed by atoms with van der Waals surface area (Å²) in [6.07, 6.45) is 3.49. The van der Waals surface area contributed by atoms with Gasteiger partial charge in [-0.05, 0) is 25.8 Å². The molecule has 1 aliphatic heterocycles. The van der Waals surface area contributed by atoms with Gasteiger partial charge >= 0.3 is 0 Å². The van der Waals surface area contributed by atoms with E-state index in [2.05, 4.69) is 11.8 Å². The van der Waals surface area contributed by atoms with Crippen LogP contribution in [0.3, 0.4) is 0 Å². The van der Waals surface area contributed by atoms with Crippen molar-refractivity contribution in [2.75, 3.05) is 18.1 Å². The first-order chi connectivity index (χ1) is 7.03. The zero-order chi connectivity index (χ0) is 11.1. The third-order valence-electron chi connectivity index (χ3n) is 3.29. The standard InChI is InChI=1S/C10H20N2O2S/c1-2-5-12(8-3-4-8)10-7-15(13,14)6-9(10)11/h8-10H,2-7,11H2,1H3. The number of rotatable bonds is 4. The van der Waals surface area contributed by atoms with Crippen LogP contribution in [0.2, 0.25) is 0 Å². The largest absolute Gasteiger partial charge is 0.325 e. The van der Waals surface area contributed by atoms with Crippen LogP contribution in [0, 0.1) is 0 Å². The smallest absolute Gasteiger partial charge is 0.153 e. The molecule has 2 aliphatic rings. The molecule has 2 N–H and O–H groups in total. The molecule has 2 fully saturated rings. The highest BCUT2D eigenvalue weighted by atomic mass is 32.2. The Kier molecular flexibility index (Phi) is 3.05. The summed E-state index contributed by atoms with van der Waals surface area (Å²) in [5.74, 6) is 0.440. The molecule has 5 heteroatoms. The summed E-state index contributed by atoms with van der Waals surface area (Å²) in [4.78, 5) is 2.33. The molecule has 0 spiro atoms. The molecule has 0 aromatic carbocycles. The Balaban J connectivity index is 2.07. The SMILES string of the molecule is CCCN(C1CC1)C1CS(=O)(=O)CC1N. The van der Waals surface area contributed by atoms with Crippen LogP contribution in [-0.4, -0.2) is 49.5 Å². The summed E-state index contributed by atoms with van der Waals surface area (Å²) in [5, 5.41) is 0. The molecule has 2 unspecified atom stereocenters. The first-order valence-electron chi connectivity index (χ1n) is 5.75. The van der Waals surface area contributed by atoms with Crippen LogP contribution < -0.4 is 5.73 Å². The summed E-state index contributed by atoms with van der Waals surface area (Å²) in [6.45, 7) is 3.11. The minimum absolute atomic E-state index is 0.0717. The molecule has 2 atom stereocenters. The van der Waals surface area contributed by atoms with Crippen LogP contribution >= 0.6 is 0 Å². The Labute approximate surface area is 91.7 Å². The predicted octanol–water partition coefficient (Wildman–Crippen LogP) is -0.0149. The average Bonchev–Trinajstić information content (AvgIpc) is 2.89. The van der Waals surface area contributed by atoms with E-state index in [4.69, 9.17) is 5.73 Å². The van der Waals surface area contributed by atoms with Gasteiger partial charge in [-0.25, -0.2) is 8.42 Å². The summed E-state index contributed by atoms with van der Waals surface area (Å²) < 4.78 is 23.0. The van der Waals surface area contributed by atoms with Crippen molar-refractivity contribution in [3.63, 3.8) is 0 Å². The molecular formula is C10H20N2O2S. The highest BCUT2D eigenvalue weighted by Gasteiger charge is 2.43. The van der Waals surface area contributed by atoms with Crippen molar-refractivity contribution in [1.82, 2.24) is 4.90 Å². The van der Waals surface area contributed by atoms with Gasteiger partial charge in [-0.15, -0.1) is 0 Å². The Hall–Kier alpha value is -0.130. The van der Waals surface area contributed by atoms with Crippen molar-refractivity contribution >= 4 is 9.84 Å². The molecular weight excluding hydrogens is 212 g/mol. The van der Waals surface area contributed by atoms with E-state index in [9.17, 15) is 8.42 Å². The molecule has 0 bridgehead atoms. The fourth-order valence-electron chi connectivity index (χ4n) is 2.48. The summed E-state index contributed by atoms with van der Waals surface area (Å²) in [7, 11) is -2.88. The second-order valence-corrected chi connectivity index (χ2v) is 6.93. The molecule has 2 rings (SSSR count). The van der Waals surface area contributed by atoms with E-state index in [1.807, 2.05) is 0 Å². The lowest BCUT2D eigenvalue weighted by molar-refractivity contribution is 0.188. The van der Waals surface area contributed by atoms with E-state index in [1.54, 1.807) is 0 Å². The Morgan fingerprint density at radius 2 is 2.00 bits per heavy atom. The van der Waals surface area contributed by atoms with Gasteiger partial charge < -0.3 is 5.73 Å². The molecule has 0 radical (unpaired) electrons. The molecule has 0 aromatic rings. The average molecular weight is 232 g/mol. The van der Waals surface area contributed by atoms with E-state index in [1.165, 1.54) is 12.8 Å². The van der Waals surface area contributed by atoms with Gasteiger partial charge in [0.2, 0.25) is 0 Å². The predicted molar refractivity (Wildman–Crippen MR) is 60.4 cm³/mol. The topological polar surface area (TPSA) is 63.4 Å². The van der Waals surface area contributed by atoms with Crippen LogP contribution in [0.15, 0.2) is 0 Å². The lowest BCUT2D eigenvalue weighted by Gasteiger charge is -2.30. The van der Waals surface area contributed by atoms with Gasteiger partial charge in [0.1, 0.15) is 0 Å². The van der Waals surface area contributed by atoms with Gasteiger partial charge in [0.15, 0.2) is 9.84 Å². The summed E-state index contributed by atoms with van der Waals surface area (Å²) in [5.41, 5.74) is 5.93. The molecule has 1 saturated carbocycles. The fraction of sp³-hybridized carbons (Fsp3) is 1.00. The maximum atomic E-state index is 11.5. The number of sulfone groups is 1. The Morgan fingerprint density at radius 3 is 2.40 bits per heavy atom. The van der Waals surface area contributed by atoms with Crippen LogP contribution in [-0.2, 0) is 9.84 Å². The Bertz CT molecular complexity index is 324. The van der Waals surface area contributed by atoms with Crippen molar-refractivity contribution < 1.29 is 8.42 Å². The lowest BCUT2D eigenvalue weighted by atomic mass is 10.1. The lowest BCUT2D eigenvalue weighted by Crippen LogP contribution is -2.48. The fourth-order valence-corrected chi connectivity index (χ4v) is 4.39. The third-order valence-corrected chi connectivity index (χ3v) is 5.03. The quantitative estimate of drug-likeness (QED) is 0.740. The monoisotopic (exact) mass is 232 g/mol. The van der Waals surface area contributed by atoms with Gasteiger partial charge in [0, 0.05) is 18.1 Å². The van der Waals surface area contributed by atoms with E-state index >= 15 is 0 Å². The number of nitrogens with zero attached hydrogens (tertiary/aromatic N) is 1. The highest BCUT2D eigenvalue weighted by Crippen LogP contribution is 2.31. The van der Waals surface area contributed by atoms with Crippen LogP contribution in [0.1, 0.15) is 26.2 Å². The molecule has 88 valence electrons. The highest BCUT2D eigenvalue weighted by molar-refractivity contribution is 7.91. The van der Waals surface area contributed by atoms with Gasteiger partial charge in [0.25, 0.3) is 0 Å². The minimum atomic E-state index is -2.88. The van der Waals surface area contributed by atoms with E-state index in [0.717, 1.165) is 13.0 Å². The van der Waals surface area contributed by atoms with Gasteiger partial charge in [-0.1, -0.05) is 6.92 Å². The molecule has 1 aliphatic carbocycles. The van der Waals surface area contributed by atoms with Crippen molar-refractivity contribution in [3.8, 4) is 0 Å². The first-order valence-corrected chi connectivity index (χ1v) is 7.57. The van der Waals surface area contributed by atoms with Crippen molar-refractivity contribution in [2.24, 2.45) is 5.73 Å². The van der Waals surface area contributed by atoms with Crippen LogP contribution in [0.25, 0.3) is 0 Å². The molecule has 1 heterocycles. The molecule has 0 amide bonds. The molecule has 1 saturated heterocycles. The van der Waals surface area contributed by atoms with E-state index in [0.29, 0.717) is 6.04 Å². The summed E-state index contributed by atoms with van der Waals surface area (Å²) >= 11 is 0. The minimum Gasteiger partial charge on any atom is -0.325 e. The van der Waals surface area contributed by atoms with Crippen LogP contribution in [0.4, 0.5) is 0 Å². The first kappa shape index (κ1) is 11.4. The van der Waals surface area contributed by atoms with Crippen molar-refractivity contribution in [3.05, 3.63) is 0 Å². The van der Waals surface area contributed by atoms with E-state index < -0.39 is 9.84 Å². The third kappa shape index (κ3) is 2.52. The van der Waals surface area contributed by atoms with Crippen molar-refractivity contribution in [1.29, 1.82) is 0 Å². The second kappa shape index (κ2) is 4.03. The van der Waals surface area contributed by atoms with E-state index in [-0.39, 0.29) is 23.6 Å². The van der Waals surface area contributed by atoms with Gasteiger partial charge in [-0.3, -0.25) is 4.90 Å². The zero-order valence-electron chi connectivity index (χ0n) is 9.22. The second-order valence-electron chi connectivity index (χ2n) is 4.78.